The van der Waals surface area contributed by atoms with Gasteiger partial charge in [-0.3, -0.25) is 4.90 Å². The number of allylic oxidation sites excluding steroid dienone is 4. The van der Waals surface area contributed by atoms with E-state index in [9.17, 15) is 18.3 Å². The summed E-state index contributed by atoms with van der Waals surface area (Å²) in [5.74, 6) is 0.166. The Labute approximate surface area is 140 Å². The molecule has 138 valence electrons. The van der Waals surface area contributed by atoms with Crippen molar-refractivity contribution in [1.29, 1.82) is 0 Å². The topological polar surface area (TPSA) is 41.9 Å². The van der Waals surface area contributed by atoms with Crippen LogP contribution in [0.2, 0.25) is 0 Å². The van der Waals surface area contributed by atoms with Gasteiger partial charge in [0.05, 0.1) is 23.5 Å². The highest BCUT2D eigenvalue weighted by molar-refractivity contribution is 5.30. The minimum Gasteiger partial charge on any atom is -0.495 e. The first-order valence-corrected chi connectivity index (χ1v) is 8.32. The lowest BCUT2D eigenvalue weighted by Crippen LogP contribution is -2.48. The Morgan fingerprint density at radius 3 is 2.50 bits per heavy atom. The predicted octanol–water partition coefficient (Wildman–Crippen LogP) is 2.89. The maximum Gasteiger partial charge on any atom is 0.416 e. The van der Waals surface area contributed by atoms with Crippen LogP contribution in [0, 0.1) is 5.92 Å². The van der Waals surface area contributed by atoms with Gasteiger partial charge >= 0.3 is 6.18 Å². The average Bonchev–Trinajstić information content (AvgIpc) is 2.44. The molecule has 4 nitrogen and oxygen atoms in total. The number of β-amino-alcohol motifs (C(OH)–C–C–N with tert-alkyl or cyclic N) is 1. The normalized spacial score (nSPS) is 30.5. The third-order valence-corrected chi connectivity index (χ3v) is 4.21. The highest BCUT2D eigenvalue weighted by Gasteiger charge is 2.35. The van der Waals surface area contributed by atoms with E-state index in [0.717, 1.165) is 19.2 Å². The average molecular weight is 349 g/mol. The Balaban J connectivity index is 1.85. The Bertz CT molecular complexity index is 480. The number of hydrogen-bond donors (Lipinski definition) is 1. The fourth-order valence-electron chi connectivity index (χ4n) is 3.13. The first-order chi connectivity index (χ1) is 11.1. The van der Waals surface area contributed by atoms with E-state index in [1.54, 1.807) is 0 Å². The van der Waals surface area contributed by atoms with Crippen molar-refractivity contribution < 1.29 is 27.8 Å². The summed E-state index contributed by atoms with van der Waals surface area (Å²) in [5, 5.41) is 10.1. The molecule has 24 heavy (non-hydrogen) atoms. The number of aliphatic hydroxyl groups excluding tert-OH is 1. The Morgan fingerprint density at radius 2 is 1.92 bits per heavy atom. The molecule has 0 spiro atoms. The molecule has 2 rings (SSSR count). The zero-order chi connectivity index (χ0) is 17.9. The van der Waals surface area contributed by atoms with Crippen LogP contribution < -0.4 is 0 Å². The number of nitrogens with zero attached hydrogens (tertiary/aromatic N) is 1. The zero-order valence-electron chi connectivity index (χ0n) is 14.3. The summed E-state index contributed by atoms with van der Waals surface area (Å²) >= 11 is 0. The van der Waals surface area contributed by atoms with Crippen LogP contribution in [-0.4, -0.2) is 60.7 Å². The molecule has 0 aromatic heterocycles. The van der Waals surface area contributed by atoms with Crippen molar-refractivity contribution in [2.75, 3.05) is 26.2 Å². The number of morpholine rings is 1. The number of halogens is 3. The summed E-state index contributed by atoms with van der Waals surface area (Å²) in [7, 11) is 0. The van der Waals surface area contributed by atoms with Gasteiger partial charge in [-0.15, -0.1) is 0 Å². The van der Waals surface area contributed by atoms with E-state index in [4.69, 9.17) is 9.47 Å². The smallest absolute Gasteiger partial charge is 0.416 e. The lowest BCUT2D eigenvalue weighted by atomic mass is 9.96. The van der Waals surface area contributed by atoms with E-state index >= 15 is 0 Å². The monoisotopic (exact) mass is 349 g/mol. The molecule has 0 bridgehead atoms. The molecule has 1 heterocycles. The summed E-state index contributed by atoms with van der Waals surface area (Å²) in [4.78, 5) is 2.09. The fourth-order valence-corrected chi connectivity index (χ4v) is 3.13. The molecular weight excluding hydrogens is 323 g/mol. The van der Waals surface area contributed by atoms with Gasteiger partial charge in [-0.25, -0.2) is 0 Å². The van der Waals surface area contributed by atoms with Gasteiger partial charge in [0.25, 0.3) is 0 Å². The summed E-state index contributed by atoms with van der Waals surface area (Å²) in [6, 6.07) is 0. The molecule has 4 atom stereocenters. The lowest BCUT2D eigenvalue weighted by molar-refractivity contribution is -0.0895. The van der Waals surface area contributed by atoms with E-state index in [2.05, 4.69) is 4.90 Å². The SMILES string of the molecule is CC1CN(CC(O)COC2=CC(C(F)(F)F)=CCC2C)CC(C)O1. The minimum atomic E-state index is -4.37. The molecule has 4 unspecified atom stereocenters. The van der Waals surface area contributed by atoms with Crippen LogP contribution in [0.1, 0.15) is 27.2 Å². The third-order valence-electron chi connectivity index (χ3n) is 4.21. The highest BCUT2D eigenvalue weighted by Crippen LogP contribution is 2.34. The van der Waals surface area contributed by atoms with E-state index in [1.807, 2.05) is 20.8 Å². The van der Waals surface area contributed by atoms with Crippen molar-refractivity contribution in [3.05, 3.63) is 23.5 Å². The molecule has 0 saturated carbocycles. The van der Waals surface area contributed by atoms with Crippen LogP contribution >= 0.6 is 0 Å². The van der Waals surface area contributed by atoms with E-state index < -0.39 is 17.9 Å². The lowest BCUT2D eigenvalue weighted by Gasteiger charge is -2.36. The molecule has 1 aliphatic carbocycles. The third kappa shape index (κ3) is 5.50. The Kier molecular flexibility index (Phi) is 6.33. The molecule has 0 aromatic carbocycles. The number of ether oxygens (including phenoxy) is 2. The van der Waals surface area contributed by atoms with E-state index in [1.165, 1.54) is 6.08 Å². The summed E-state index contributed by atoms with van der Waals surface area (Å²) in [6.07, 6.45) is -2.41. The minimum absolute atomic E-state index is 0.0125. The molecule has 1 N–H and O–H groups in total. The van der Waals surface area contributed by atoms with Gasteiger partial charge in [-0.05, 0) is 26.3 Å². The maximum absolute atomic E-state index is 12.8. The molecule has 2 aliphatic rings. The number of rotatable bonds is 5. The molecule has 1 saturated heterocycles. The molecule has 0 amide bonds. The van der Waals surface area contributed by atoms with Gasteiger partial charge in [0.1, 0.15) is 12.7 Å². The largest absolute Gasteiger partial charge is 0.495 e. The Hall–Kier alpha value is -1.05. The molecule has 0 aromatic rings. The van der Waals surface area contributed by atoms with Gasteiger partial charge in [0.2, 0.25) is 0 Å². The van der Waals surface area contributed by atoms with E-state index in [-0.39, 0.29) is 36.9 Å². The zero-order valence-corrected chi connectivity index (χ0v) is 14.3. The quantitative estimate of drug-likeness (QED) is 0.829. The van der Waals surface area contributed by atoms with Gasteiger partial charge in [-0.2, -0.15) is 13.2 Å². The molecule has 1 fully saturated rings. The van der Waals surface area contributed by atoms with Crippen LogP contribution in [0.15, 0.2) is 23.5 Å². The van der Waals surface area contributed by atoms with Crippen molar-refractivity contribution in [1.82, 2.24) is 4.90 Å². The molecule has 7 heteroatoms. The van der Waals surface area contributed by atoms with Crippen molar-refractivity contribution in [2.45, 2.75) is 51.7 Å². The van der Waals surface area contributed by atoms with Crippen molar-refractivity contribution in [2.24, 2.45) is 5.92 Å². The van der Waals surface area contributed by atoms with Crippen LogP contribution in [-0.2, 0) is 9.47 Å². The molecule has 1 aliphatic heterocycles. The van der Waals surface area contributed by atoms with Gasteiger partial charge in [0.15, 0.2) is 0 Å². The maximum atomic E-state index is 12.8. The second kappa shape index (κ2) is 7.89. The second-order valence-corrected chi connectivity index (χ2v) is 6.78. The van der Waals surface area contributed by atoms with Gasteiger partial charge in [-0.1, -0.05) is 13.0 Å². The number of alkyl halides is 3. The van der Waals surface area contributed by atoms with Crippen LogP contribution in [0.4, 0.5) is 13.2 Å². The van der Waals surface area contributed by atoms with Gasteiger partial charge < -0.3 is 14.6 Å². The molecule has 0 radical (unpaired) electrons. The van der Waals surface area contributed by atoms with Crippen LogP contribution in [0.3, 0.4) is 0 Å². The predicted molar refractivity (Wildman–Crippen MR) is 84.4 cm³/mol. The van der Waals surface area contributed by atoms with E-state index in [0.29, 0.717) is 6.54 Å². The van der Waals surface area contributed by atoms with Crippen molar-refractivity contribution in [3.63, 3.8) is 0 Å². The van der Waals surface area contributed by atoms with Crippen molar-refractivity contribution >= 4 is 0 Å². The number of hydrogen-bond acceptors (Lipinski definition) is 4. The van der Waals surface area contributed by atoms with Gasteiger partial charge in [0, 0.05) is 25.6 Å². The number of aliphatic hydroxyl groups is 1. The summed E-state index contributed by atoms with van der Waals surface area (Å²) < 4.78 is 49.5. The Morgan fingerprint density at radius 1 is 1.29 bits per heavy atom. The summed E-state index contributed by atoms with van der Waals surface area (Å²) in [5.41, 5.74) is -0.680. The van der Waals surface area contributed by atoms with Crippen LogP contribution in [0.5, 0.6) is 0 Å². The second-order valence-electron chi connectivity index (χ2n) is 6.78. The first-order valence-electron chi connectivity index (χ1n) is 8.32. The van der Waals surface area contributed by atoms with Crippen molar-refractivity contribution in [3.8, 4) is 0 Å². The highest BCUT2D eigenvalue weighted by atomic mass is 19.4. The fraction of sp³-hybridized carbons (Fsp3) is 0.765. The van der Waals surface area contributed by atoms with Crippen LogP contribution in [0.25, 0.3) is 0 Å². The summed E-state index contributed by atoms with van der Waals surface area (Å²) in [6.45, 7) is 7.62. The molecular formula is C17H26F3NO3. The first kappa shape index (κ1) is 19.3. The standard InChI is InChI=1S/C17H26F3NO3/c1-11-4-5-14(17(18,19)20)6-16(11)23-10-15(22)9-21-7-12(2)24-13(3)8-21/h5-6,11-13,15,22H,4,7-10H2,1-3H3.